The summed E-state index contributed by atoms with van der Waals surface area (Å²) in [7, 11) is 0. The Balaban J connectivity index is 2.76. The van der Waals surface area contributed by atoms with Crippen molar-refractivity contribution in [1.29, 1.82) is 0 Å². The molecule has 0 bridgehead atoms. The number of amides is 1. The summed E-state index contributed by atoms with van der Waals surface area (Å²) in [6.07, 6.45) is -0.0156. The third kappa shape index (κ3) is 5.70. The number of alkyl carbamates (subject to hydrolysis) is 1. The minimum atomic E-state index is -0.570. The van der Waals surface area contributed by atoms with E-state index in [2.05, 4.69) is 5.32 Å². The molecule has 0 aliphatic rings. The van der Waals surface area contributed by atoms with Crippen LogP contribution in [-0.2, 0) is 4.74 Å². The number of halogens is 1. The summed E-state index contributed by atoms with van der Waals surface area (Å²) in [4.78, 5) is 11.7. The lowest BCUT2D eigenvalue weighted by atomic mass is 10.0. The summed E-state index contributed by atoms with van der Waals surface area (Å²) >= 11 is 0. The van der Waals surface area contributed by atoms with Gasteiger partial charge in [0.1, 0.15) is 11.4 Å². The molecule has 1 rings (SSSR count). The van der Waals surface area contributed by atoms with Crippen molar-refractivity contribution in [1.82, 2.24) is 5.32 Å². The van der Waals surface area contributed by atoms with Crippen LogP contribution in [-0.4, -0.2) is 18.2 Å². The lowest BCUT2D eigenvalue weighted by molar-refractivity contribution is 0.0501. The van der Waals surface area contributed by atoms with Gasteiger partial charge in [0.2, 0.25) is 0 Å². The highest BCUT2D eigenvalue weighted by atomic mass is 19.1. The summed E-state index contributed by atoms with van der Waals surface area (Å²) in [5, 5.41) is 2.71. The van der Waals surface area contributed by atoms with E-state index in [1.165, 1.54) is 12.1 Å². The van der Waals surface area contributed by atoms with Gasteiger partial charge >= 0.3 is 6.09 Å². The van der Waals surface area contributed by atoms with Gasteiger partial charge in [-0.1, -0.05) is 12.1 Å². The summed E-state index contributed by atoms with van der Waals surface area (Å²) < 4.78 is 18.4. The minimum absolute atomic E-state index is 0.342. The van der Waals surface area contributed by atoms with Gasteiger partial charge in [-0.05, 0) is 51.4 Å². The molecule has 1 amide bonds. The summed E-state index contributed by atoms with van der Waals surface area (Å²) in [5.74, 6) is -0.342. The number of rotatable bonds is 4. The second kappa shape index (κ2) is 6.52. The Labute approximate surface area is 113 Å². The highest BCUT2D eigenvalue weighted by molar-refractivity contribution is 5.68. The Hall–Kier alpha value is -1.62. The van der Waals surface area contributed by atoms with Crippen LogP contribution in [0.1, 0.15) is 38.8 Å². The lowest BCUT2D eigenvalue weighted by Crippen LogP contribution is -2.35. The monoisotopic (exact) mass is 268 g/mol. The third-order valence-electron chi connectivity index (χ3n) is 2.40. The highest BCUT2D eigenvalue weighted by Gasteiger charge is 2.20. The first-order valence-electron chi connectivity index (χ1n) is 6.27. The Morgan fingerprint density at radius 2 is 2.16 bits per heavy atom. The number of hydrogen-bond acceptors (Lipinski definition) is 3. The Morgan fingerprint density at radius 1 is 1.47 bits per heavy atom. The fraction of sp³-hybridized carbons (Fsp3) is 0.500. The van der Waals surface area contributed by atoms with Gasteiger partial charge in [0.15, 0.2) is 0 Å². The molecule has 1 aromatic carbocycles. The molecule has 0 aliphatic carbocycles. The maximum atomic E-state index is 13.2. The molecule has 5 heteroatoms. The van der Waals surface area contributed by atoms with Crippen LogP contribution in [0.15, 0.2) is 24.3 Å². The summed E-state index contributed by atoms with van der Waals surface area (Å²) in [5.41, 5.74) is 5.63. The quantitative estimate of drug-likeness (QED) is 0.882. The van der Waals surface area contributed by atoms with Crippen molar-refractivity contribution < 1.29 is 13.9 Å². The molecule has 4 nitrogen and oxygen atoms in total. The van der Waals surface area contributed by atoms with Crippen molar-refractivity contribution in [3.8, 4) is 0 Å². The zero-order valence-corrected chi connectivity index (χ0v) is 11.6. The average Bonchev–Trinajstić information content (AvgIpc) is 2.26. The molecule has 3 N–H and O–H groups in total. The first-order chi connectivity index (χ1) is 8.81. The van der Waals surface area contributed by atoms with E-state index in [9.17, 15) is 9.18 Å². The van der Waals surface area contributed by atoms with Gasteiger partial charge in [0.25, 0.3) is 0 Å². The molecule has 1 atom stereocenters. The topological polar surface area (TPSA) is 64.3 Å². The van der Waals surface area contributed by atoms with Crippen molar-refractivity contribution in [2.75, 3.05) is 6.54 Å². The van der Waals surface area contributed by atoms with Crippen molar-refractivity contribution in [3.63, 3.8) is 0 Å². The Morgan fingerprint density at radius 3 is 2.68 bits per heavy atom. The second-order valence-electron chi connectivity index (χ2n) is 5.33. The van der Waals surface area contributed by atoms with E-state index >= 15 is 0 Å². The highest BCUT2D eigenvalue weighted by Crippen LogP contribution is 2.18. The van der Waals surface area contributed by atoms with Crippen LogP contribution in [0.4, 0.5) is 9.18 Å². The van der Waals surface area contributed by atoms with E-state index in [0.717, 1.165) is 0 Å². The zero-order chi connectivity index (χ0) is 14.5. The van der Waals surface area contributed by atoms with Crippen molar-refractivity contribution in [2.45, 2.75) is 38.8 Å². The maximum absolute atomic E-state index is 13.2. The fourth-order valence-electron chi connectivity index (χ4n) is 1.66. The number of carbonyl (C=O) groups is 1. The van der Waals surface area contributed by atoms with Gasteiger partial charge in [-0.15, -0.1) is 0 Å². The molecule has 0 saturated carbocycles. The maximum Gasteiger partial charge on any atom is 0.408 e. The Kier molecular flexibility index (Phi) is 5.30. The molecular formula is C14H21FN2O2. The molecule has 0 fully saturated rings. The lowest BCUT2D eigenvalue weighted by Gasteiger charge is -2.23. The molecule has 106 valence electrons. The molecule has 19 heavy (non-hydrogen) atoms. The number of carbonyl (C=O) groups excluding carboxylic acids is 1. The minimum Gasteiger partial charge on any atom is -0.444 e. The molecule has 0 aliphatic heterocycles. The Bertz CT molecular complexity index is 430. The zero-order valence-electron chi connectivity index (χ0n) is 11.6. The van der Waals surface area contributed by atoms with Crippen molar-refractivity contribution in [2.24, 2.45) is 5.73 Å². The SMILES string of the molecule is CC(C)(C)OC(=O)NC(CCN)c1cccc(F)c1. The first kappa shape index (κ1) is 15.4. The van der Waals surface area contributed by atoms with E-state index in [0.29, 0.717) is 18.5 Å². The van der Waals surface area contributed by atoms with Gasteiger partial charge < -0.3 is 15.8 Å². The first-order valence-corrected chi connectivity index (χ1v) is 6.27. The average molecular weight is 268 g/mol. The van der Waals surface area contributed by atoms with Gasteiger partial charge in [0, 0.05) is 0 Å². The summed E-state index contributed by atoms with van der Waals surface area (Å²) in [6, 6.07) is 5.75. The molecule has 0 radical (unpaired) electrons. The number of nitrogens with two attached hydrogens (primary N) is 1. The van der Waals surface area contributed by atoms with E-state index in [4.69, 9.17) is 10.5 Å². The van der Waals surface area contributed by atoms with Gasteiger partial charge in [-0.25, -0.2) is 9.18 Å². The van der Waals surface area contributed by atoms with Crippen molar-refractivity contribution >= 4 is 6.09 Å². The van der Waals surface area contributed by atoms with Crippen LogP contribution in [0, 0.1) is 5.82 Å². The predicted octanol–water partition coefficient (Wildman–Crippen LogP) is 2.74. The molecule has 1 unspecified atom stereocenters. The number of benzene rings is 1. The second-order valence-corrected chi connectivity index (χ2v) is 5.33. The summed E-state index contributed by atoms with van der Waals surface area (Å²) in [6.45, 7) is 5.74. The molecule has 0 saturated heterocycles. The predicted molar refractivity (Wildman–Crippen MR) is 72.2 cm³/mol. The normalized spacial score (nSPS) is 12.9. The number of nitrogens with one attached hydrogen (secondary N) is 1. The van der Waals surface area contributed by atoms with Crippen LogP contribution in [0.3, 0.4) is 0 Å². The van der Waals surface area contributed by atoms with E-state index in [1.807, 2.05) is 0 Å². The third-order valence-corrected chi connectivity index (χ3v) is 2.40. The van der Waals surface area contributed by atoms with Crippen LogP contribution in [0.25, 0.3) is 0 Å². The number of ether oxygens (including phenoxy) is 1. The van der Waals surface area contributed by atoms with E-state index < -0.39 is 11.7 Å². The van der Waals surface area contributed by atoms with Crippen LogP contribution in [0.2, 0.25) is 0 Å². The van der Waals surface area contributed by atoms with E-state index in [1.54, 1.807) is 32.9 Å². The standard InChI is InChI=1S/C14H21FN2O2/c1-14(2,3)19-13(18)17-12(7-8-16)10-5-4-6-11(15)9-10/h4-6,9,12H,7-8,16H2,1-3H3,(H,17,18). The molecule has 0 aromatic heterocycles. The van der Waals surface area contributed by atoms with Gasteiger partial charge in [-0.3, -0.25) is 0 Å². The van der Waals surface area contributed by atoms with Gasteiger partial charge in [-0.2, -0.15) is 0 Å². The fourth-order valence-corrected chi connectivity index (χ4v) is 1.66. The van der Waals surface area contributed by atoms with E-state index in [-0.39, 0.29) is 11.9 Å². The molecular weight excluding hydrogens is 247 g/mol. The van der Waals surface area contributed by atoms with Crippen molar-refractivity contribution in [3.05, 3.63) is 35.6 Å². The molecule has 0 spiro atoms. The van der Waals surface area contributed by atoms with Crippen LogP contribution >= 0.6 is 0 Å². The van der Waals surface area contributed by atoms with Crippen LogP contribution < -0.4 is 11.1 Å². The smallest absolute Gasteiger partial charge is 0.408 e. The number of hydrogen-bond donors (Lipinski definition) is 2. The molecule has 1 aromatic rings. The van der Waals surface area contributed by atoms with Crippen LogP contribution in [0.5, 0.6) is 0 Å². The molecule has 0 heterocycles. The van der Waals surface area contributed by atoms with Gasteiger partial charge in [0.05, 0.1) is 6.04 Å². The largest absolute Gasteiger partial charge is 0.444 e.